The predicted molar refractivity (Wildman–Crippen MR) is 143 cm³/mol. The van der Waals surface area contributed by atoms with Crippen LogP contribution < -0.4 is 5.32 Å². The highest BCUT2D eigenvalue weighted by atomic mass is 16.5. The second-order valence-corrected chi connectivity index (χ2v) is 12.0. The van der Waals surface area contributed by atoms with Crippen LogP contribution in [0.5, 0.6) is 0 Å². The van der Waals surface area contributed by atoms with Crippen molar-refractivity contribution >= 4 is 16.9 Å². The number of hydrogen-bond donors (Lipinski definition) is 2. The van der Waals surface area contributed by atoms with Gasteiger partial charge in [0.25, 0.3) is 0 Å². The van der Waals surface area contributed by atoms with Crippen molar-refractivity contribution < 1.29 is 14.0 Å². The number of likely N-dealkylation sites (tertiary alicyclic amines) is 1. The molecule has 1 aromatic carbocycles. The van der Waals surface area contributed by atoms with Gasteiger partial charge in [0, 0.05) is 55.1 Å². The molecule has 2 amide bonds. The fourth-order valence-corrected chi connectivity index (χ4v) is 7.14. The van der Waals surface area contributed by atoms with Crippen LogP contribution in [-0.2, 0) is 17.7 Å². The zero-order valence-electron chi connectivity index (χ0n) is 22.4. The van der Waals surface area contributed by atoms with E-state index in [1.807, 2.05) is 4.90 Å². The Kier molecular flexibility index (Phi) is 6.51. The standard InChI is InChI=1S/C29H43N5O2/c1-4-32(5-2)29(35)30-21-15-23-22-7-6-8-25-28(22)24(16-27(23)33(18-21)17-20-9-10-20)26(31-25)19-34(3)11-13-36-14-12-34/h6-8,20-21,23,27,31H,4-5,9-19H2,1-3H3/p+1/t21-,23+,27+/m0/s1. The summed E-state index contributed by atoms with van der Waals surface area (Å²) in [6.45, 7) is 12.7. The number of amides is 2. The number of aromatic amines is 1. The predicted octanol–water partition coefficient (Wildman–Crippen LogP) is 3.69. The number of piperidine rings is 1. The zero-order valence-corrected chi connectivity index (χ0v) is 22.4. The van der Waals surface area contributed by atoms with Crippen molar-refractivity contribution in [2.45, 2.75) is 64.1 Å². The number of fused-ring (bicyclic) bond motifs is 2. The van der Waals surface area contributed by atoms with E-state index in [4.69, 9.17) is 4.74 Å². The molecule has 0 radical (unpaired) electrons. The number of nitrogens with one attached hydrogen (secondary N) is 2. The smallest absolute Gasteiger partial charge is 0.317 e. The molecule has 7 nitrogen and oxygen atoms in total. The summed E-state index contributed by atoms with van der Waals surface area (Å²) in [6.07, 6.45) is 4.87. The van der Waals surface area contributed by atoms with E-state index in [1.54, 1.807) is 5.56 Å². The molecule has 3 atom stereocenters. The number of carbonyl (C=O) groups excluding carboxylic acids is 1. The molecule has 1 saturated carbocycles. The van der Waals surface area contributed by atoms with Gasteiger partial charge in [-0.15, -0.1) is 0 Å². The second-order valence-electron chi connectivity index (χ2n) is 12.0. The number of morpholine rings is 1. The molecule has 3 heterocycles. The SMILES string of the molecule is CCN(CC)C(=O)N[C@H]1C[C@@H]2c3cccc4[nH]c(C[N+]5(C)CCOCC5)c(c34)C[C@H]2N(CC2CC2)C1. The lowest BCUT2D eigenvalue weighted by atomic mass is 9.73. The molecular weight excluding hydrogens is 450 g/mol. The summed E-state index contributed by atoms with van der Waals surface area (Å²) in [6, 6.07) is 7.68. The number of rotatable bonds is 7. The third kappa shape index (κ3) is 4.54. The molecule has 2 saturated heterocycles. The van der Waals surface area contributed by atoms with Crippen LogP contribution in [0.1, 0.15) is 55.8 Å². The summed E-state index contributed by atoms with van der Waals surface area (Å²) in [5, 5.41) is 4.89. The van der Waals surface area contributed by atoms with E-state index in [9.17, 15) is 4.79 Å². The third-order valence-electron chi connectivity index (χ3n) is 9.45. The summed E-state index contributed by atoms with van der Waals surface area (Å²) >= 11 is 0. The van der Waals surface area contributed by atoms with Crippen molar-refractivity contribution in [3.8, 4) is 0 Å². The van der Waals surface area contributed by atoms with Crippen molar-refractivity contribution in [1.29, 1.82) is 0 Å². The topological polar surface area (TPSA) is 60.6 Å². The maximum absolute atomic E-state index is 13.0. The van der Waals surface area contributed by atoms with E-state index >= 15 is 0 Å². The highest BCUT2D eigenvalue weighted by Gasteiger charge is 2.44. The molecule has 2 aliphatic carbocycles. The van der Waals surface area contributed by atoms with Crippen molar-refractivity contribution in [3.05, 3.63) is 35.0 Å². The van der Waals surface area contributed by atoms with Gasteiger partial charge in [-0.05, 0) is 62.6 Å². The summed E-state index contributed by atoms with van der Waals surface area (Å²) in [7, 11) is 2.39. The van der Waals surface area contributed by atoms with Gasteiger partial charge in [0.15, 0.2) is 0 Å². The number of likely N-dealkylation sites (N-methyl/N-ethyl adjacent to an activating group) is 1. The Balaban J connectivity index is 1.32. The van der Waals surface area contributed by atoms with Crippen LogP contribution in [0, 0.1) is 5.92 Å². The first-order chi connectivity index (χ1) is 17.5. The van der Waals surface area contributed by atoms with Crippen LogP contribution >= 0.6 is 0 Å². The normalized spacial score (nSPS) is 27.6. The number of benzene rings is 1. The van der Waals surface area contributed by atoms with Gasteiger partial charge in [-0.25, -0.2) is 4.79 Å². The van der Waals surface area contributed by atoms with Crippen LogP contribution in [0.25, 0.3) is 10.9 Å². The maximum atomic E-state index is 13.0. The van der Waals surface area contributed by atoms with Crippen molar-refractivity contribution in [2.75, 3.05) is 59.5 Å². The quantitative estimate of drug-likeness (QED) is 0.577. The molecule has 4 aliphatic rings. The van der Waals surface area contributed by atoms with Gasteiger partial charge in [-0.3, -0.25) is 4.90 Å². The lowest BCUT2D eigenvalue weighted by Crippen LogP contribution is -2.58. The molecule has 2 aliphatic heterocycles. The summed E-state index contributed by atoms with van der Waals surface area (Å²) in [4.78, 5) is 21.5. The average molecular weight is 495 g/mol. The highest BCUT2D eigenvalue weighted by molar-refractivity contribution is 5.89. The van der Waals surface area contributed by atoms with Crippen LogP contribution in [0.2, 0.25) is 0 Å². The fourth-order valence-electron chi connectivity index (χ4n) is 7.14. The Bertz CT molecular complexity index is 1100. The first kappa shape index (κ1) is 24.3. The van der Waals surface area contributed by atoms with Gasteiger partial charge in [0.2, 0.25) is 0 Å². The minimum Gasteiger partial charge on any atom is -0.370 e. The molecule has 36 heavy (non-hydrogen) atoms. The second kappa shape index (κ2) is 9.66. The Hall–Kier alpha value is -2.09. The Labute approximate surface area is 215 Å². The molecule has 1 aromatic heterocycles. The first-order valence-corrected chi connectivity index (χ1v) is 14.3. The number of urea groups is 1. The van der Waals surface area contributed by atoms with Crippen LogP contribution in [0.4, 0.5) is 4.79 Å². The molecule has 0 unspecified atom stereocenters. The van der Waals surface area contributed by atoms with Crippen LogP contribution in [0.3, 0.4) is 0 Å². The summed E-state index contributed by atoms with van der Waals surface area (Å²) in [5.74, 6) is 1.30. The molecule has 6 rings (SSSR count). The molecule has 7 heteroatoms. The van der Waals surface area contributed by atoms with Gasteiger partial charge in [0.05, 0.1) is 26.0 Å². The van der Waals surface area contributed by atoms with E-state index in [0.29, 0.717) is 12.0 Å². The number of H-pyrrole nitrogens is 1. The number of quaternary nitrogens is 1. The van der Waals surface area contributed by atoms with E-state index in [-0.39, 0.29) is 12.1 Å². The lowest BCUT2D eigenvalue weighted by molar-refractivity contribution is -0.929. The van der Waals surface area contributed by atoms with E-state index < -0.39 is 0 Å². The van der Waals surface area contributed by atoms with Gasteiger partial charge >= 0.3 is 6.03 Å². The molecule has 3 fully saturated rings. The summed E-state index contributed by atoms with van der Waals surface area (Å²) < 4.78 is 6.73. The molecule has 0 bridgehead atoms. The summed E-state index contributed by atoms with van der Waals surface area (Å²) in [5.41, 5.74) is 5.77. The average Bonchev–Trinajstić information content (AvgIpc) is 3.62. The third-order valence-corrected chi connectivity index (χ3v) is 9.45. The van der Waals surface area contributed by atoms with Gasteiger partial charge in [-0.1, -0.05) is 12.1 Å². The lowest BCUT2D eigenvalue weighted by Gasteiger charge is -2.48. The zero-order chi connectivity index (χ0) is 24.9. The molecular formula is C29H44N5O2+. The fraction of sp³-hybridized carbons (Fsp3) is 0.690. The largest absolute Gasteiger partial charge is 0.370 e. The van der Waals surface area contributed by atoms with E-state index in [2.05, 4.69) is 54.3 Å². The minimum atomic E-state index is 0.0935. The number of ether oxygens (including phenoxy) is 1. The van der Waals surface area contributed by atoms with Crippen molar-refractivity contribution in [1.82, 2.24) is 20.1 Å². The van der Waals surface area contributed by atoms with Crippen molar-refractivity contribution in [2.24, 2.45) is 5.92 Å². The van der Waals surface area contributed by atoms with E-state index in [1.165, 1.54) is 41.5 Å². The molecule has 196 valence electrons. The molecule has 2 aromatic rings. The van der Waals surface area contributed by atoms with Crippen LogP contribution in [-0.4, -0.2) is 96.9 Å². The molecule has 0 spiro atoms. The van der Waals surface area contributed by atoms with Gasteiger partial charge < -0.3 is 24.4 Å². The highest BCUT2D eigenvalue weighted by Crippen LogP contribution is 2.46. The number of nitrogens with zero attached hydrogens (tertiary/aromatic N) is 3. The van der Waals surface area contributed by atoms with Crippen molar-refractivity contribution in [3.63, 3.8) is 0 Å². The number of carbonyl (C=O) groups is 1. The Morgan fingerprint density at radius 1 is 1.22 bits per heavy atom. The first-order valence-electron chi connectivity index (χ1n) is 14.3. The monoisotopic (exact) mass is 494 g/mol. The Morgan fingerprint density at radius 3 is 2.72 bits per heavy atom. The maximum Gasteiger partial charge on any atom is 0.317 e. The van der Waals surface area contributed by atoms with Crippen LogP contribution in [0.15, 0.2) is 18.2 Å². The minimum absolute atomic E-state index is 0.0935. The van der Waals surface area contributed by atoms with E-state index in [0.717, 1.165) is 75.7 Å². The number of hydrogen-bond acceptors (Lipinski definition) is 3. The van der Waals surface area contributed by atoms with Gasteiger partial charge in [0.1, 0.15) is 19.6 Å². The Morgan fingerprint density at radius 2 is 2.00 bits per heavy atom. The number of aromatic nitrogens is 1. The van der Waals surface area contributed by atoms with Gasteiger partial charge in [-0.2, -0.15) is 0 Å². The molecule has 2 N–H and O–H groups in total.